The number of carbonyl (C=O) groups is 12. The molecule has 3 rings (SSSR count). The summed E-state index contributed by atoms with van der Waals surface area (Å²) in [7, 11) is 0.750. The molecule has 1 saturated heterocycles. The molecule has 0 amide bonds. The molecule has 456 valence electrons. The second kappa shape index (κ2) is 53.9. The molecule has 1 fully saturated rings. The molecule has 6 N–H and O–H groups in total. The second-order valence-corrected chi connectivity index (χ2v) is 15.9. The van der Waals surface area contributed by atoms with E-state index < -0.39 is 102 Å². The largest absolute Gasteiger partial charge is 0.481 e. The molecule has 0 aromatic heterocycles. The number of nitrogens with zero attached hydrogens (tertiary/aromatic N) is 2. The van der Waals surface area contributed by atoms with Gasteiger partial charge >= 0.3 is 72.4 Å². The van der Waals surface area contributed by atoms with Crippen LogP contribution in [-0.2, 0) is 105 Å². The van der Waals surface area contributed by atoms with Crippen LogP contribution in [0.5, 0.6) is 0 Å². The summed E-state index contributed by atoms with van der Waals surface area (Å²) < 4.78 is 52.9. The van der Waals surface area contributed by atoms with Gasteiger partial charge in [-0.3, -0.25) is 47.9 Å². The monoisotopic (exact) mass is 1150 g/mol. The van der Waals surface area contributed by atoms with Crippen LogP contribution in [0.1, 0.15) is 131 Å². The van der Waals surface area contributed by atoms with Crippen molar-refractivity contribution in [3.8, 4) is 0 Å². The molecule has 0 bridgehead atoms. The Hall–Kier alpha value is -7.12. The Kier molecular flexibility index (Phi) is 53.4. The van der Waals surface area contributed by atoms with Crippen molar-refractivity contribution in [2.24, 2.45) is 9.98 Å². The average Bonchev–Trinajstić information content (AvgIpc) is 4.22. The third kappa shape index (κ3) is 52.9. The predicted octanol–water partition coefficient (Wildman–Crippen LogP) is 1.10. The van der Waals surface area contributed by atoms with Gasteiger partial charge in [0.25, 0.3) is 17.8 Å². The Morgan fingerprint density at radius 1 is 0.575 bits per heavy atom. The van der Waals surface area contributed by atoms with E-state index in [1.165, 1.54) is 27.6 Å². The number of cyclic esters (lactones) is 2. The molecule has 3 aliphatic rings. The summed E-state index contributed by atoms with van der Waals surface area (Å²) in [5.74, 6) is -7.37. The van der Waals surface area contributed by atoms with Crippen molar-refractivity contribution < 1.29 is 136 Å². The topological polar surface area (TPSA) is 451 Å². The first-order chi connectivity index (χ1) is 37.9. The van der Waals surface area contributed by atoms with Crippen LogP contribution in [0.15, 0.2) is 9.98 Å². The zero-order valence-electron chi connectivity index (χ0n) is 46.3. The molecule has 0 saturated carbocycles. The van der Waals surface area contributed by atoms with E-state index in [4.69, 9.17) is 73.3 Å². The van der Waals surface area contributed by atoms with Crippen LogP contribution in [0.2, 0.25) is 6.82 Å². The van der Waals surface area contributed by atoms with Crippen LogP contribution in [0, 0.1) is 0 Å². The van der Waals surface area contributed by atoms with Crippen LogP contribution in [-0.4, -0.2) is 212 Å². The van der Waals surface area contributed by atoms with Gasteiger partial charge in [-0.05, 0) is 65.7 Å². The molecule has 80 heavy (non-hydrogen) atoms. The fourth-order valence-electron chi connectivity index (χ4n) is 4.96. The van der Waals surface area contributed by atoms with Gasteiger partial charge in [0.15, 0.2) is 18.3 Å². The minimum absolute atomic E-state index is 0.0114. The number of esters is 7. The number of Topliss-reactive ketones (excluding diaryl/α,β-unsaturated/α-hetero) is 2. The van der Waals surface area contributed by atoms with Gasteiger partial charge in [0.05, 0.1) is 58.8 Å². The van der Waals surface area contributed by atoms with E-state index in [9.17, 15) is 52.7 Å². The number of hydrogen-bond donors (Lipinski definition) is 6. The summed E-state index contributed by atoms with van der Waals surface area (Å²) in [5, 5.41) is 48.0. The number of ether oxygens (including phenoxy) is 9. The van der Waals surface area contributed by atoms with Crippen molar-refractivity contribution in [3.05, 3.63) is 0 Å². The fourth-order valence-corrected chi connectivity index (χ4v) is 4.96. The molecule has 3 atom stereocenters. The predicted molar refractivity (Wildman–Crippen MR) is 274 cm³/mol. The van der Waals surface area contributed by atoms with Gasteiger partial charge in [-0.1, -0.05) is 6.92 Å². The van der Waals surface area contributed by atoms with Crippen LogP contribution < -0.4 is 0 Å². The first kappa shape index (κ1) is 79.4. The maximum absolute atomic E-state index is 11.8. The standard InChI is InChI=1S/C26H40O13.C8H14O5.C6H8N2O2.C4H4O3.C2H4O2.C2H6O2.CH3BO/c1-4-9-23(31)39-19(3)26(34)37-15-8-6-10-22(30)36-17-16-35-14-7-5-11-24(32)38-18(2)25(33)20(27)12-13-21(28)29;1-6(8(11)12)13-7(10)4-2-3-5-9;1-3-9-5(7-1)6-8-2-4-10-6;5-3-1-2-4(6)7-3;1-2(3)4;3-1-2-4;1-2-3/h18-19H,4-17H2,1-3H3,(H,28,29);6,9H,2-5H2,1H3,(H,11,12);1-4H2;1-2H2;1H3,(H,3,4);3-4H,1-2H2;1H3. The SMILES string of the molecule is C1COC(C2=NCCO2)=N1.CB=O.CC(=O)O.CC(OC(=O)CCCCO)C(=O)O.CCCC(=O)OC(C)C(=O)OCCCCC(=O)OCCOCCCCC(=O)OC(C)C(=O)C(=O)CCC(=O)O.O=C1CCC(=O)O1.OCCO. The summed E-state index contributed by atoms with van der Waals surface area (Å²) in [5.41, 5.74) is 0. The molecule has 3 unspecified atom stereocenters. The maximum atomic E-state index is 11.8. The third-order valence-corrected chi connectivity index (χ3v) is 8.70. The maximum Gasteiger partial charge on any atom is 0.347 e. The first-order valence-electron chi connectivity index (χ1n) is 25.4. The molecule has 3 aliphatic heterocycles. The van der Waals surface area contributed by atoms with Crippen molar-refractivity contribution in [3.63, 3.8) is 0 Å². The summed E-state index contributed by atoms with van der Waals surface area (Å²) in [6, 6.07) is 0. The zero-order valence-corrected chi connectivity index (χ0v) is 46.3. The van der Waals surface area contributed by atoms with Crippen LogP contribution in [0.25, 0.3) is 0 Å². The van der Waals surface area contributed by atoms with E-state index in [2.05, 4.69) is 19.5 Å². The Bertz CT molecular complexity index is 1900. The Morgan fingerprint density at radius 3 is 1.44 bits per heavy atom. The summed E-state index contributed by atoms with van der Waals surface area (Å²) in [6.07, 6.45) is 0.298. The molecule has 0 aliphatic carbocycles. The van der Waals surface area contributed by atoms with Gasteiger partial charge in [0.2, 0.25) is 11.6 Å². The van der Waals surface area contributed by atoms with Crippen molar-refractivity contribution >= 4 is 90.2 Å². The summed E-state index contributed by atoms with van der Waals surface area (Å²) in [4.78, 5) is 139. The fraction of sp³-hybridized carbons (Fsp3) is 0.714. The van der Waals surface area contributed by atoms with Crippen molar-refractivity contribution in [1.29, 1.82) is 0 Å². The number of aliphatic hydroxyl groups excluding tert-OH is 3. The Labute approximate surface area is 463 Å². The van der Waals surface area contributed by atoms with Crippen LogP contribution in [0.4, 0.5) is 0 Å². The quantitative estimate of drug-likeness (QED) is 0.0141. The molecular weight excluding hydrogens is 1080 g/mol. The van der Waals surface area contributed by atoms with E-state index >= 15 is 0 Å². The number of ketones is 2. The average molecular weight is 1150 g/mol. The van der Waals surface area contributed by atoms with E-state index in [-0.39, 0.29) is 78.2 Å². The van der Waals surface area contributed by atoms with Gasteiger partial charge in [-0.15, -0.1) is 0 Å². The van der Waals surface area contributed by atoms with E-state index in [1.807, 2.05) is 6.92 Å². The molecule has 0 aromatic carbocycles. The van der Waals surface area contributed by atoms with E-state index in [0.29, 0.717) is 76.6 Å². The third-order valence-electron chi connectivity index (χ3n) is 8.70. The van der Waals surface area contributed by atoms with Crippen molar-refractivity contribution in [2.45, 2.75) is 156 Å². The smallest absolute Gasteiger partial charge is 0.347 e. The van der Waals surface area contributed by atoms with Crippen molar-refractivity contribution in [2.75, 3.05) is 72.6 Å². The number of carbonyl (C=O) groups excluding carboxylic acids is 9. The molecule has 31 heteroatoms. The van der Waals surface area contributed by atoms with Crippen molar-refractivity contribution in [1.82, 2.24) is 0 Å². The number of aliphatic imine (C=N–C) groups is 2. The zero-order chi connectivity index (χ0) is 61.7. The van der Waals surface area contributed by atoms with Crippen LogP contribution in [0.3, 0.4) is 0 Å². The number of aliphatic hydroxyl groups is 3. The molecule has 0 radical (unpaired) electrons. The number of unbranched alkanes of at least 4 members (excludes halogenated alkanes) is 3. The number of carboxylic acids is 3. The number of aliphatic carboxylic acids is 3. The molecule has 3 heterocycles. The molecular formula is C49H79BN2O28. The first-order valence-corrected chi connectivity index (χ1v) is 25.4. The normalized spacial score (nSPS) is 13.3. The second-order valence-electron chi connectivity index (χ2n) is 15.9. The number of hydrogen-bond acceptors (Lipinski definition) is 27. The van der Waals surface area contributed by atoms with Gasteiger partial charge in [0.1, 0.15) is 19.8 Å². The molecule has 30 nitrogen and oxygen atoms in total. The van der Waals surface area contributed by atoms with Gasteiger partial charge < -0.3 is 73.3 Å². The molecule has 0 aromatic rings. The van der Waals surface area contributed by atoms with E-state index in [0.717, 1.165) is 27.2 Å². The van der Waals surface area contributed by atoms with Gasteiger partial charge in [-0.25, -0.2) is 19.6 Å². The number of carboxylic acid groups (broad SMARTS) is 3. The molecule has 0 spiro atoms. The Balaban J connectivity index is -0.000000556. The summed E-state index contributed by atoms with van der Waals surface area (Å²) >= 11 is 0. The summed E-state index contributed by atoms with van der Waals surface area (Å²) in [6.45, 7) is 11.6. The number of rotatable bonds is 31. The van der Waals surface area contributed by atoms with Gasteiger partial charge in [-0.2, -0.15) is 0 Å². The minimum atomic E-state index is -1.27. The minimum Gasteiger partial charge on any atom is -0.481 e. The van der Waals surface area contributed by atoms with Crippen LogP contribution >= 0.6 is 0 Å². The van der Waals surface area contributed by atoms with E-state index in [1.54, 1.807) is 0 Å². The van der Waals surface area contributed by atoms with Gasteiger partial charge in [0, 0.05) is 52.2 Å². The Morgan fingerprint density at radius 2 is 1.02 bits per heavy atom.